The van der Waals surface area contributed by atoms with Crippen LogP contribution in [0.3, 0.4) is 0 Å². The van der Waals surface area contributed by atoms with E-state index in [4.69, 9.17) is 9.47 Å². The van der Waals surface area contributed by atoms with Crippen molar-refractivity contribution in [1.29, 1.82) is 0 Å². The van der Waals surface area contributed by atoms with Gasteiger partial charge >= 0.3 is 5.97 Å². The van der Waals surface area contributed by atoms with Crippen molar-refractivity contribution in [3.63, 3.8) is 0 Å². The molecule has 0 aliphatic carbocycles. The largest absolute Gasteiger partial charge is 0.489 e. The molecule has 0 aromatic heterocycles. The number of likely N-dealkylation sites (N-methyl/N-ethyl adjacent to an activating group) is 1. The molecule has 3 rings (SSSR count). The van der Waals surface area contributed by atoms with Crippen molar-refractivity contribution in [2.75, 3.05) is 13.1 Å². The van der Waals surface area contributed by atoms with E-state index in [1.165, 1.54) is 25.8 Å². The van der Waals surface area contributed by atoms with Gasteiger partial charge in [0.25, 0.3) is 0 Å². The van der Waals surface area contributed by atoms with Crippen molar-refractivity contribution in [3.05, 3.63) is 29.3 Å². The van der Waals surface area contributed by atoms with Crippen molar-refractivity contribution < 1.29 is 14.3 Å². The highest BCUT2D eigenvalue weighted by atomic mass is 16.5. The lowest BCUT2D eigenvalue weighted by atomic mass is 9.98. The molecule has 0 N–H and O–H groups in total. The van der Waals surface area contributed by atoms with Gasteiger partial charge in [0.05, 0.1) is 5.56 Å². The summed E-state index contributed by atoms with van der Waals surface area (Å²) < 4.78 is 11.2. The van der Waals surface area contributed by atoms with Gasteiger partial charge in [-0.15, -0.1) is 0 Å². The first-order valence-electron chi connectivity index (χ1n) is 7.90. The van der Waals surface area contributed by atoms with Gasteiger partial charge in [0.2, 0.25) is 0 Å². The maximum Gasteiger partial charge on any atom is 0.338 e. The van der Waals surface area contributed by atoms with Crippen molar-refractivity contribution in [1.82, 2.24) is 4.90 Å². The van der Waals surface area contributed by atoms with Gasteiger partial charge in [-0.1, -0.05) is 13.3 Å². The zero-order chi connectivity index (χ0) is 14.8. The standard InChI is InChI=1S/C17H23NO3/c1-3-18-9-5-4-6-16(18)12(2)21-14-7-8-15-13(10-14)11-20-17(15)19/h7-8,10,12,16H,3-6,9,11H2,1-2H3/t12-,16?/m0/s1. The van der Waals surface area contributed by atoms with Gasteiger partial charge in [-0.05, 0) is 51.1 Å². The molecule has 0 bridgehead atoms. The van der Waals surface area contributed by atoms with E-state index in [2.05, 4.69) is 18.7 Å². The molecule has 4 nitrogen and oxygen atoms in total. The van der Waals surface area contributed by atoms with Gasteiger partial charge in [-0.2, -0.15) is 0 Å². The first-order valence-corrected chi connectivity index (χ1v) is 7.90. The van der Waals surface area contributed by atoms with Gasteiger partial charge in [0.1, 0.15) is 18.5 Å². The maximum absolute atomic E-state index is 11.5. The summed E-state index contributed by atoms with van der Waals surface area (Å²) in [6, 6.07) is 6.11. The lowest BCUT2D eigenvalue weighted by Crippen LogP contribution is -2.47. The fourth-order valence-corrected chi connectivity index (χ4v) is 3.42. The minimum atomic E-state index is -0.228. The molecule has 114 valence electrons. The smallest absolute Gasteiger partial charge is 0.338 e. The van der Waals surface area contributed by atoms with Crippen LogP contribution in [-0.2, 0) is 11.3 Å². The Hall–Kier alpha value is -1.55. The van der Waals surface area contributed by atoms with E-state index in [0.29, 0.717) is 18.2 Å². The average molecular weight is 289 g/mol. The number of fused-ring (bicyclic) bond motifs is 1. The highest BCUT2D eigenvalue weighted by Gasteiger charge is 2.28. The summed E-state index contributed by atoms with van der Waals surface area (Å²) in [4.78, 5) is 14.0. The summed E-state index contributed by atoms with van der Waals surface area (Å²) >= 11 is 0. The third kappa shape index (κ3) is 2.91. The lowest BCUT2D eigenvalue weighted by molar-refractivity contribution is 0.0529. The van der Waals surface area contributed by atoms with Crippen LogP contribution in [0.25, 0.3) is 0 Å². The fourth-order valence-electron chi connectivity index (χ4n) is 3.42. The Labute approximate surface area is 126 Å². The van der Waals surface area contributed by atoms with E-state index in [9.17, 15) is 4.79 Å². The number of cyclic esters (lactones) is 1. The summed E-state index contributed by atoms with van der Waals surface area (Å²) in [7, 11) is 0. The van der Waals surface area contributed by atoms with Gasteiger partial charge in [0.15, 0.2) is 0 Å². The summed E-state index contributed by atoms with van der Waals surface area (Å²) in [5, 5.41) is 0. The monoisotopic (exact) mass is 289 g/mol. The molecule has 1 aromatic carbocycles. The number of hydrogen-bond acceptors (Lipinski definition) is 4. The lowest BCUT2D eigenvalue weighted by Gasteiger charge is -2.38. The number of piperidine rings is 1. The first-order chi connectivity index (χ1) is 10.2. The average Bonchev–Trinajstić information content (AvgIpc) is 2.88. The molecule has 21 heavy (non-hydrogen) atoms. The molecule has 1 unspecified atom stereocenters. The van der Waals surface area contributed by atoms with Gasteiger partial charge < -0.3 is 9.47 Å². The van der Waals surface area contributed by atoms with Crippen LogP contribution < -0.4 is 4.74 Å². The van der Waals surface area contributed by atoms with Crippen LogP contribution in [0.2, 0.25) is 0 Å². The third-order valence-electron chi connectivity index (χ3n) is 4.59. The van der Waals surface area contributed by atoms with E-state index in [0.717, 1.165) is 17.9 Å². The predicted molar refractivity (Wildman–Crippen MR) is 80.5 cm³/mol. The zero-order valence-corrected chi connectivity index (χ0v) is 12.8. The summed E-state index contributed by atoms with van der Waals surface area (Å²) in [6.07, 6.45) is 3.92. The van der Waals surface area contributed by atoms with Gasteiger partial charge in [0, 0.05) is 11.6 Å². The minimum Gasteiger partial charge on any atom is -0.489 e. The Kier molecular flexibility index (Phi) is 4.15. The number of carbonyl (C=O) groups is 1. The van der Waals surface area contributed by atoms with Crippen LogP contribution in [-0.4, -0.2) is 36.1 Å². The molecule has 1 aromatic rings. The second-order valence-corrected chi connectivity index (χ2v) is 5.91. The number of benzene rings is 1. The summed E-state index contributed by atoms with van der Waals surface area (Å²) in [5.41, 5.74) is 1.60. The summed E-state index contributed by atoms with van der Waals surface area (Å²) in [5.74, 6) is 0.607. The van der Waals surface area contributed by atoms with Crippen LogP contribution in [0, 0.1) is 0 Å². The number of hydrogen-bond donors (Lipinski definition) is 0. The highest BCUT2D eigenvalue weighted by molar-refractivity contribution is 5.93. The second-order valence-electron chi connectivity index (χ2n) is 5.91. The van der Waals surface area contributed by atoms with Crippen LogP contribution >= 0.6 is 0 Å². The molecule has 4 heteroatoms. The number of likely N-dealkylation sites (tertiary alicyclic amines) is 1. The van der Waals surface area contributed by atoms with Gasteiger partial charge in [-0.25, -0.2) is 4.79 Å². The Balaban J connectivity index is 1.69. The number of ether oxygens (including phenoxy) is 2. The number of esters is 1. The van der Waals surface area contributed by atoms with E-state index in [1.807, 2.05) is 18.2 Å². The molecule has 1 fully saturated rings. The SMILES string of the molecule is CCN1CCCCC1[C@H](C)Oc1ccc2c(c1)COC2=O. The van der Waals surface area contributed by atoms with Crippen molar-refractivity contribution in [2.45, 2.75) is 51.9 Å². The molecular formula is C17H23NO3. The molecule has 0 amide bonds. The van der Waals surface area contributed by atoms with Crippen LogP contribution in [0.5, 0.6) is 5.75 Å². The van der Waals surface area contributed by atoms with Crippen molar-refractivity contribution >= 4 is 5.97 Å². The quantitative estimate of drug-likeness (QED) is 0.799. The molecule has 0 spiro atoms. The number of carbonyl (C=O) groups excluding carboxylic acids is 1. The Morgan fingerprint density at radius 3 is 3.10 bits per heavy atom. The van der Waals surface area contributed by atoms with E-state index >= 15 is 0 Å². The summed E-state index contributed by atoms with van der Waals surface area (Å²) in [6.45, 7) is 6.97. The zero-order valence-electron chi connectivity index (χ0n) is 12.8. The van der Waals surface area contributed by atoms with E-state index in [-0.39, 0.29) is 12.1 Å². The molecule has 2 aliphatic rings. The van der Waals surface area contributed by atoms with Crippen molar-refractivity contribution in [2.24, 2.45) is 0 Å². The molecular weight excluding hydrogens is 266 g/mol. The Bertz CT molecular complexity index is 529. The molecule has 0 radical (unpaired) electrons. The highest BCUT2D eigenvalue weighted by Crippen LogP contribution is 2.27. The normalized spacial score (nSPS) is 23.5. The molecule has 2 heterocycles. The van der Waals surface area contributed by atoms with Crippen LogP contribution in [0.1, 0.15) is 49.0 Å². The Morgan fingerprint density at radius 2 is 2.29 bits per heavy atom. The maximum atomic E-state index is 11.5. The van der Waals surface area contributed by atoms with Crippen molar-refractivity contribution in [3.8, 4) is 5.75 Å². The molecule has 1 saturated heterocycles. The van der Waals surface area contributed by atoms with Gasteiger partial charge in [-0.3, -0.25) is 4.90 Å². The molecule has 0 saturated carbocycles. The van der Waals surface area contributed by atoms with Crippen LogP contribution in [0.4, 0.5) is 0 Å². The Morgan fingerprint density at radius 1 is 1.43 bits per heavy atom. The topological polar surface area (TPSA) is 38.8 Å². The minimum absolute atomic E-state index is 0.154. The molecule has 2 atom stereocenters. The predicted octanol–water partition coefficient (Wildman–Crippen LogP) is 3.00. The molecule has 2 aliphatic heterocycles. The third-order valence-corrected chi connectivity index (χ3v) is 4.59. The first kappa shape index (κ1) is 14.4. The van der Waals surface area contributed by atoms with E-state index in [1.54, 1.807) is 0 Å². The fraction of sp³-hybridized carbons (Fsp3) is 0.588. The number of rotatable bonds is 4. The second kappa shape index (κ2) is 6.06. The number of nitrogens with zero attached hydrogens (tertiary/aromatic N) is 1. The van der Waals surface area contributed by atoms with E-state index < -0.39 is 0 Å². The van der Waals surface area contributed by atoms with Crippen LogP contribution in [0.15, 0.2) is 18.2 Å².